The van der Waals surface area contributed by atoms with Crippen molar-refractivity contribution in [2.45, 2.75) is 72.4 Å². The van der Waals surface area contributed by atoms with E-state index in [0.29, 0.717) is 16.0 Å². The lowest BCUT2D eigenvalue weighted by molar-refractivity contribution is 0.687. The van der Waals surface area contributed by atoms with Crippen molar-refractivity contribution in [1.82, 2.24) is 9.97 Å². The molecule has 7 heteroatoms. The lowest BCUT2D eigenvalue weighted by Crippen LogP contribution is -2.21. The van der Waals surface area contributed by atoms with E-state index >= 15 is 0 Å². The number of allylic oxidation sites excluding steroid dienone is 1. The van der Waals surface area contributed by atoms with E-state index < -0.39 is 0 Å². The SMILES string of the molecule is CCCCC1=N[C@H]2Sc3c(SCc4ccc(Cl)cc4Cl)ncnc3[C@@H]2C2=C1CCC2. The van der Waals surface area contributed by atoms with Gasteiger partial charge in [-0.3, -0.25) is 4.99 Å². The zero-order valence-electron chi connectivity index (χ0n) is 16.8. The molecule has 3 heterocycles. The first-order valence-electron chi connectivity index (χ1n) is 10.5. The first-order chi connectivity index (χ1) is 14.7. The Morgan fingerprint density at radius 2 is 2.10 bits per heavy atom. The molecule has 0 saturated heterocycles. The van der Waals surface area contributed by atoms with Crippen LogP contribution in [0.1, 0.15) is 62.6 Å². The summed E-state index contributed by atoms with van der Waals surface area (Å²) >= 11 is 16.0. The Hall–Kier alpha value is -1.01. The van der Waals surface area contributed by atoms with Gasteiger partial charge in [-0.1, -0.05) is 59.9 Å². The van der Waals surface area contributed by atoms with Gasteiger partial charge >= 0.3 is 0 Å². The number of dihydropyridines is 1. The summed E-state index contributed by atoms with van der Waals surface area (Å²) in [6.07, 6.45) is 8.88. The number of thioether (sulfide) groups is 2. The zero-order chi connectivity index (χ0) is 20.7. The molecule has 0 unspecified atom stereocenters. The van der Waals surface area contributed by atoms with Crippen molar-refractivity contribution < 1.29 is 0 Å². The third-order valence-electron chi connectivity index (χ3n) is 6.03. The molecule has 1 aromatic carbocycles. The molecule has 0 amide bonds. The Kier molecular flexibility index (Phi) is 6.16. The van der Waals surface area contributed by atoms with Crippen molar-refractivity contribution in [2.75, 3.05) is 0 Å². The Morgan fingerprint density at radius 3 is 2.93 bits per heavy atom. The van der Waals surface area contributed by atoms with Crippen LogP contribution in [0.3, 0.4) is 0 Å². The Labute approximate surface area is 196 Å². The van der Waals surface area contributed by atoms with Crippen LogP contribution in [0.25, 0.3) is 0 Å². The zero-order valence-corrected chi connectivity index (χ0v) is 20.0. The van der Waals surface area contributed by atoms with Crippen LogP contribution in [-0.4, -0.2) is 21.1 Å². The number of nitrogens with zero attached hydrogens (tertiary/aromatic N) is 3. The van der Waals surface area contributed by atoms with Gasteiger partial charge in [0.15, 0.2) is 0 Å². The van der Waals surface area contributed by atoms with Gasteiger partial charge in [0.05, 0.1) is 16.5 Å². The third-order valence-corrected chi connectivity index (χ3v) is 9.04. The quantitative estimate of drug-likeness (QED) is 0.316. The Bertz CT molecular complexity index is 1050. The van der Waals surface area contributed by atoms with Crippen LogP contribution in [0.2, 0.25) is 10.0 Å². The molecule has 0 radical (unpaired) electrons. The van der Waals surface area contributed by atoms with E-state index in [9.17, 15) is 0 Å². The number of hydrogen-bond donors (Lipinski definition) is 0. The van der Waals surface area contributed by atoms with Crippen LogP contribution in [0.15, 0.2) is 50.6 Å². The maximum Gasteiger partial charge on any atom is 0.117 e. The summed E-state index contributed by atoms with van der Waals surface area (Å²) in [5.74, 6) is 1.09. The van der Waals surface area contributed by atoms with Crippen LogP contribution in [0, 0.1) is 0 Å². The predicted octanol–water partition coefficient (Wildman–Crippen LogP) is 7.72. The number of halogens is 2. The molecule has 2 aromatic rings. The first-order valence-corrected chi connectivity index (χ1v) is 13.1. The summed E-state index contributed by atoms with van der Waals surface area (Å²) in [5, 5.41) is 2.62. The molecule has 0 saturated carbocycles. The smallest absolute Gasteiger partial charge is 0.117 e. The van der Waals surface area contributed by atoms with Gasteiger partial charge < -0.3 is 0 Å². The number of aliphatic imine (C=N–C) groups is 1. The molecule has 3 nitrogen and oxygen atoms in total. The summed E-state index contributed by atoms with van der Waals surface area (Å²) in [5.41, 5.74) is 6.75. The maximum atomic E-state index is 6.37. The third kappa shape index (κ3) is 3.83. The summed E-state index contributed by atoms with van der Waals surface area (Å²) in [7, 11) is 0. The average molecular weight is 476 g/mol. The van der Waals surface area contributed by atoms with Gasteiger partial charge in [0.1, 0.15) is 16.7 Å². The molecular formula is C23H23Cl2N3S2. The molecule has 1 aromatic heterocycles. The number of rotatable bonds is 6. The highest BCUT2D eigenvalue weighted by molar-refractivity contribution is 8.02. The van der Waals surface area contributed by atoms with Crippen molar-refractivity contribution in [3.63, 3.8) is 0 Å². The van der Waals surface area contributed by atoms with Crippen molar-refractivity contribution in [1.29, 1.82) is 0 Å². The molecular weight excluding hydrogens is 453 g/mol. The molecule has 0 fully saturated rings. The molecule has 0 bridgehead atoms. The van der Waals surface area contributed by atoms with Gasteiger partial charge in [0.2, 0.25) is 0 Å². The number of unbranched alkanes of at least 4 members (excludes halogenated alkanes) is 1. The summed E-state index contributed by atoms with van der Waals surface area (Å²) in [4.78, 5) is 15.8. The highest BCUT2D eigenvalue weighted by Crippen LogP contribution is 2.56. The van der Waals surface area contributed by atoms with E-state index in [2.05, 4.69) is 11.9 Å². The predicted molar refractivity (Wildman–Crippen MR) is 128 cm³/mol. The second-order valence-electron chi connectivity index (χ2n) is 7.94. The lowest BCUT2D eigenvalue weighted by atomic mass is 9.87. The monoisotopic (exact) mass is 475 g/mol. The fourth-order valence-corrected chi connectivity index (χ4v) is 7.66. The van der Waals surface area contributed by atoms with Gasteiger partial charge in [-0.2, -0.15) is 0 Å². The Balaban J connectivity index is 1.43. The van der Waals surface area contributed by atoms with E-state index in [1.165, 1.54) is 48.4 Å². The normalized spacial score (nSPS) is 22.0. The van der Waals surface area contributed by atoms with Gasteiger partial charge in [-0.25, -0.2) is 9.97 Å². The standard InChI is InChI=1S/C23H23Cl2N3S2/c1-2-3-7-18-15-5-4-6-16(15)19-20-21(30-22(19)28-18)23(27-12-26-20)29-11-13-8-9-14(24)10-17(13)25/h8-10,12,19,22H,2-7,11H2,1H3/t19-,22-/m0/s1. The number of benzene rings is 1. The van der Waals surface area contributed by atoms with Crippen LogP contribution in [0.4, 0.5) is 0 Å². The minimum atomic E-state index is 0.221. The maximum absolute atomic E-state index is 6.37. The number of fused-ring (bicyclic) bond motifs is 4. The molecule has 0 N–H and O–H groups in total. The van der Waals surface area contributed by atoms with E-state index in [1.54, 1.807) is 35.3 Å². The molecule has 5 rings (SSSR count). The molecule has 1 aliphatic carbocycles. The second-order valence-corrected chi connectivity index (χ2v) is 10.9. The molecule has 0 spiro atoms. The molecule has 30 heavy (non-hydrogen) atoms. The fraction of sp³-hybridized carbons (Fsp3) is 0.435. The van der Waals surface area contributed by atoms with Crippen molar-refractivity contribution >= 4 is 52.4 Å². The number of hydrogen-bond acceptors (Lipinski definition) is 5. The van der Waals surface area contributed by atoms with Crippen molar-refractivity contribution in [3.8, 4) is 0 Å². The minimum Gasteiger partial charge on any atom is -0.274 e. The van der Waals surface area contributed by atoms with Crippen LogP contribution < -0.4 is 0 Å². The van der Waals surface area contributed by atoms with E-state index in [-0.39, 0.29) is 5.37 Å². The van der Waals surface area contributed by atoms with Crippen molar-refractivity contribution in [3.05, 3.63) is 57.0 Å². The molecule has 156 valence electrons. The minimum absolute atomic E-state index is 0.221. The molecule has 2 atom stereocenters. The largest absolute Gasteiger partial charge is 0.274 e. The van der Waals surface area contributed by atoms with Gasteiger partial charge in [-0.15, -0.1) is 11.8 Å². The highest BCUT2D eigenvalue weighted by atomic mass is 35.5. The topological polar surface area (TPSA) is 38.1 Å². The number of aromatic nitrogens is 2. The highest BCUT2D eigenvalue weighted by Gasteiger charge is 2.44. The fourth-order valence-electron chi connectivity index (χ4n) is 4.58. The van der Waals surface area contributed by atoms with Gasteiger partial charge in [0.25, 0.3) is 0 Å². The molecule has 3 aliphatic rings. The second kappa shape index (κ2) is 8.85. The first kappa shape index (κ1) is 20.9. The van der Waals surface area contributed by atoms with Crippen LogP contribution >= 0.6 is 46.7 Å². The van der Waals surface area contributed by atoms with E-state index in [0.717, 1.165) is 22.8 Å². The van der Waals surface area contributed by atoms with Gasteiger partial charge in [-0.05, 0) is 55.4 Å². The average Bonchev–Trinajstić information content (AvgIpc) is 3.36. The van der Waals surface area contributed by atoms with E-state index in [4.69, 9.17) is 33.2 Å². The molecule has 2 aliphatic heterocycles. The Morgan fingerprint density at radius 1 is 1.20 bits per heavy atom. The van der Waals surface area contributed by atoms with E-state index in [1.807, 2.05) is 23.9 Å². The van der Waals surface area contributed by atoms with Gasteiger partial charge in [0, 0.05) is 21.5 Å². The lowest BCUT2D eigenvalue weighted by Gasteiger charge is -2.26. The van der Waals surface area contributed by atoms with Crippen LogP contribution in [0.5, 0.6) is 0 Å². The summed E-state index contributed by atoms with van der Waals surface area (Å²) in [6, 6.07) is 5.68. The van der Waals surface area contributed by atoms with Crippen molar-refractivity contribution in [2.24, 2.45) is 4.99 Å². The summed E-state index contributed by atoms with van der Waals surface area (Å²) in [6.45, 7) is 2.25. The van der Waals surface area contributed by atoms with Crippen LogP contribution in [-0.2, 0) is 5.75 Å². The summed E-state index contributed by atoms with van der Waals surface area (Å²) < 4.78 is 0.